The average Bonchev–Trinajstić information content (AvgIpc) is 2.26. The maximum Gasteiger partial charge on any atom is 0.427 e. The molecular formula is C11H10ClNO5S. The molecule has 0 spiro atoms. The molecule has 1 aliphatic carbocycles. The van der Waals surface area contributed by atoms with Crippen LogP contribution in [-0.4, -0.2) is 20.3 Å². The van der Waals surface area contributed by atoms with Gasteiger partial charge in [0, 0.05) is 22.7 Å². The predicted octanol–water partition coefficient (Wildman–Crippen LogP) is 1.78. The molecule has 0 fully saturated rings. The average molecular weight is 304 g/mol. The van der Waals surface area contributed by atoms with Gasteiger partial charge in [0.05, 0.1) is 0 Å². The highest BCUT2D eigenvalue weighted by Gasteiger charge is 2.19. The molecule has 1 aromatic rings. The summed E-state index contributed by atoms with van der Waals surface area (Å²) >= 11 is 0. The van der Waals surface area contributed by atoms with Gasteiger partial charge in [-0.3, -0.25) is 4.79 Å². The largest absolute Gasteiger partial charge is 0.427 e. The van der Waals surface area contributed by atoms with Crippen LogP contribution < -0.4 is 9.46 Å². The number of nitrogens with one attached hydrogen (secondary N) is 1. The number of Topliss-reactive ketones (excluding diaryl/α,β-unsaturated/α-hetero) is 1. The van der Waals surface area contributed by atoms with E-state index in [0.29, 0.717) is 18.4 Å². The Kier molecular flexibility index (Phi) is 3.77. The van der Waals surface area contributed by atoms with Gasteiger partial charge in [-0.25, -0.2) is 9.52 Å². The third kappa shape index (κ3) is 3.68. The topological polar surface area (TPSA) is 89.5 Å². The van der Waals surface area contributed by atoms with Crippen molar-refractivity contribution in [3.8, 4) is 5.75 Å². The lowest BCUT2D eigenvalue weighted by molar-refractivity contribution is 0.0972. The molecular weight excluding hydrogens is 294 g/mol. The lowest BCUT2D eigenvalue weighted by Gasteiger charge is -2.15. The maximum absolute atomic E-state index is 11.6. The lowest BCUT2D eigenvalue weighted by atomic mass is 9.91. The van der Waals surface area contributed by atoms with Crippen molar-refractivity contribution in [2.75, 3.05) is 0 Å². The van der Waals surface area contributed by atoms with Gasteiger partial charge in [-0.15, -0.1) is 0 Å². The van der Waals surface area contributed by atoms with E-state index < -0.39 is 15.3 Å². The molecule has 0 atom stereocenters. The molecule has 6 nitrogen and oxygen atoms in total. The number of ketones is 1. The molecule has 0 saturated heterocycles. The summed E-state index contributed by atoms with van der Waals surface area (Å²) in [6.45, 7) is 0. The van der Waals surface area contributed by atoms with E-state index in [1.165, 1.54) is 10.8 Å². The Morgan fingerprint density at radius 3 is 2.74 bits per heavy atom. The number of benzene rings is 1. The van der Waals surface area contributed by atoms with E-state index in [-0.39, 0.29) is 11.5 Å². The van der Waals surface area contributed by atoms with Gasteiger partial charge in [0.1, 0.15) is 5.75 Å². The molecule has 1 N–H and O–H groups in total. The Hall–Kier alpha value is -1.60. The van der Waals surface area contributed by atoms with Gasteiger partial charge in [-0.1, -0.05) is 0 Å². The highest BCUT2D eigenvalue weighted by molar-refractivity contribution is 8.12. The van der Waals surface area contributed by atoms with Crippen LogP contribution in [0.25, 0.3) is 0 Å². The standard InChI is InChI=1S/C11H10ClNO5S/c12-19(16,17)13-11(15)18-8-4-5-9-7(6-8)2-1-3-10(9)14/h4-6H,1-3H2,(H,13,15). The molecule has 102 valence electrons. The minimum Gasteiger partial charge on any atom is -0.410 e. The number of aryl methyl sites for hydroxylation is 1. The first kappa shape index (κ1) is 13.8. The molecule has 0 saturated carbocycles. The summed E-state index contributed by atoms with van der Waals surface area (Å²) < 4.78 is 27.5. The van der Waals surface area contributed by atoms with Crippen molar-refractivity contribution >= 4 is 31.8 Å². The van der Waals surface area contributed by atoms with Crippen LogP contribution in [0.3, 0.4) is 0 Å². The minimum atomic E-state index is -4.18. The van der Waals surface area contributed by atoms with Gasteiger partial charge in [0.2, 0.25) is 0 Å². The smallest absolute Gasteiger partial charge is 0.410 e. The second kappa shape index (κ2) is 5.18. The summed E-state index contributed by atoms with van der Waals surface area (Å²) in [6, 6.07) is 4.55. The fourth-order valence-corrected chi connectivity index (χ4v) is 2.34. The zero-order valence-electron chi connectivity index (χ0n) is 9.68. The summed E-state index contributed by atoms with van der Waals surface area (Å²) in [5, 5.41) is 0. The van der Waals surface area contributed by atoms with Crippen molar-refractivity contribution in [1.82, 2.24) is 4.72 Å². The molecule has 0 unspecified atom stereocenters. The summed E-state index contributed by atoms with van der Waals surface area (Å²) in [7, 11) is 0.668. The van der Waals surface area contributed by atoms with Crippen LogP contribution in [0.4, 0.5) is 4.79 Å². The van der Waals surface area contributed by atoms with Crippen LogP contribution in [0, 0.1) is 0 Å². The maximum atomic E-state index is 11.6. The third-order valence-corrected chi connectivity index (χ3v) is 3.28. The van der Waals surface area contributed by atoms with Crippen LogP contribution in [-0.2, 0) is 15.7 Å². The molecule has 1 aliphatic rings. The zero-order chi connectivity index (χ0) is 14.0. The SMILES string of the molecule is O=C(NS(=O)(=O)Cl)Oc1ccc2c(c1)CCCC2=O. The van der Waals surface area contributed by atoms with Crippen LogP contribution in [0.2, 0.25) is 0 Å². The van der Waals surface area contributed by atoms with Crippen molar-refractivity contribution in [3.05, 3.63) is 29.3 Å². The Labute approximate surface area is 114 Å². The number of halogens is 1. The van der Waals surface area contributed by atoms with Crippen molar-refractivity contribution in [2.24, 2.45) is 0 Å². The molecule has 0 radical (unpaired) electrons. The highest BCUT2D eigenvalue weighted by Crippen LogP contribution is 2.25. The van der Waals surface area contributed by atoms with Crippen LogP contribution >= 0.6 is 10.7 Å². The highest BCUT2D eigenvalue weighted by atomic mass is 35.7. The van der Waals surface area contributed by atoms with Gasteiger partial charge in [0.25, 0.3) is 0 Å². The zero-order valence-corrected chi connectivity index (χ0v) is 11.3. The molecule has 19 heavy (non-hydrogen) atoms. The fourth-order valence-electron chi connectivity index (χ4n) is 1.91. The van der Waals surface area contributed by atoms with E-state index in [1.807, 2.05) is 0 Å². The fraction of sp³-hybridized carbons (Fsp3) is 0.273. The molecule has 0 heterocycles. The van der Waals surface area contributed by atoms with E-state index in [0.717, 1.165) is 12.0 Å². The van der Waals surface area contributed by atoms with Crippen molar-refractivity contribution in [2.45, 2.75) is 19.3 Å². The van der Waals surface area contributed by atoms with Gasteiger partial charge < -0.3 is 4.74 Å². The number of hydrogen-bond acceptors (Lipinski definition) is 5. The molecule has 1 aromatic carbocycles. The van der Waals surface area contributed by atoms with E-state index in [4.69, 9.17) is 15.4 Å². The first-order valence-electron chi connectivity index (χ1n) is 5.45. The lowest BCUT2D eigenvalue weighted by Crippen LogP contribution is -2.29. The number of carbonyl (C=O) groups excluding carboxylic acids is 2. The molecule has 8 heteroatoms. The summed E-state index contributed by atoms with van der Waals surface area (Å²) in [6.07, 6.45) is 0.778. The van der Waals surface area contributed by atoms with Crippen molar-refractivity contribution in [1.29, 1.82) is 0 Å². The quantitative estimate of drug-likeness (QED) is 0.841. The number of carbonyl (C=O) groups is 2. The Morgan fingerprint density at radius 1 is 1.32 bits per heavy atom. The van der Waals surface area contributed by atoms with E-state index in [1.54, 1.807) is 12.1 Å². The van der Waals surface area contributed by atoms with E-state index in [2.05, 4.69) is 0 Å². The number of rotatable bonds is 2. The minimum absolute atomic E-state index is 0.0561. The van der Waals surface area contributed by atoms with Crippen LogP contribution in [0.1, 0.15) is 28.8 Å². The third-order valence-electron chi connectivity index (χ3n) is 2.64. The molecule has 1 amide bonds. The van der Waals surface area contributed by atoms with Crippen LogP contribution in [0.15, 0.2) is 18.2 Å². The molecule has 0 aromatic heterocycles. The Bertz CT molecular complexity index is 640. The monoisotopic (exact) mass is 303 g/mol. The summed E-state index contributed by atoms with van der Waals surface area (Å²) in [4.78, 5) is 22.8. The number of hydrogen-bond donors (Lipinski definition) is 1. The van der Waals surface area contributed by atoms with E-state index >= 15 is 0 Å². The van der Waals surface area contributed by atoms with E-state index in [9.17, 15) is 18.0 Å². The number of amides is 1. The van der Waals surface area contributed by atoms with Crippen molar-refractivity contribution < 1.29 is 22.7 Å². The van der Waals surface area contributed by atoms with Crippen molar-refractivity contribution in [3.63, 3.8) is 0 Å². The van der Waals surface area contributed by atoms with Gasteiger partial charge in [-0.2, -0.15) is 8.42 Å². The van der Waals surface area contributed by atoms with Gasteiger partial charge >= 0.3 is 15.3 Å². The second-order valence-corrected chi connectivity index (χ2v) is 6.32. The molecule has 0 bridgehead atoms. The summed E-state index contributed by atoms with van der Waals surface area (Å²) in [5.41, 5.74) is 1.40. The molecule has 2 rings (SSSR count). The number of ether oxygens (including phenoxy) is 1. The van der Waals surface area contributed by atoms with Crippen LogP contribution in [0.5, 0.6) is 5.75 Å². The van der Waals surface area contributed by atoms with Gasteiger partial charge in [0.15, 0.2) is 5.78 Å². The normalized spacial score (nSPS) is 14.7. The first-order chi connectivity index (χ1) is 8.85. The summed E-state index contributed by atoms with van der Waals surface area (Å²) in [5.74, 6) is 0.215. The Balaban J connectivity index is 2.15. The number of fused-ring (bicyclic) bond motifs is 1. The first-order valence-corrected chi connectivity index (χ1v) is 7.76. The van der Waals surface area contributed by atoms with Gasteiger partial charge in [-0.05, 0) is 36.6 Å². The predicted molar refractivity (Wildman–Crippen MR) is 67.6 cm³/mol. The Morgan fingerprint density at radius 2 is 2.05 bits per heavy atom. The molecule has 0 aliphatic heterocycles. The second-order valence-electron chi connectivity index (χ2n) is 4.03.